The van der Waals surface area contributed by atoms with Crippen LogP contribution in [0.2, 0.25) is 0 Å². The average molecular weight is 388 g/mol. The molecule has 0 heterocycles. The number of carbonyl (C=O) groups excluding carboxylic acids is 1. The van der Waals surface area contributed by atoms with Gasteiger partial charge in [0.2, 0.25) is 0 Å². The number of aldehydes is 1. The van der Waals surface area contributed by atoms with Crippen molar-refractivity contribution in [2.24, 2.45) is 0 Å². The van der Waals surface area contributed by atoms with Crippen molar-refractivity contribution in [2.45, 2.75) is 31.0 Å². The Morgan fingerprint density at radius 2 is 1.69 bits per heavy atom. The molecule has 0 aromatic heterocycles. The van der Waals surface area contributed by atoms with Gasteiger partial charge in [-0.2, -0.15) is 21.6 Å². The molecule has 0 spiro atoms. The largest absolute Gasteiger partial charge is 0.483 e. The molecule has 0 N–H and O–H groups in total. The van der Waals surface area contributed by atoms with Gasteiger partial charge in [-0.05, 0) is 43.7 Å². The minimum atomic E-state index is -4.85. The van der Waals surface area contributed by atoms with Crippen molar-refractivity contribution < 1.29 is 35.3 Å². The molecule has 140 valence electrons. The molecule has 1 unspecified atom stereocenters. The summed E-state index contributed by atoms with van der Waals surface area (Å²) >= 11 is 0. The number of hydrogen-bond donors (Lipinski definition) is 0. The van der Waals surface area contributed by atoms with Crippen molar-refractivity contribution in [1.82, 2.24) is 0 Å². The molecular weight excluding hydrogens is 373 g/mol. The first-order valence-electron chi connectivity index (χ1n) is 7.37. The molecule has 0 radical (unpaired) electrons. The Bertz CT molecular complexity index is 907. The van der Waals surface area contributed by atoms with Gasteiger partial charge in [0.05, 0.1) is 5.56 Å². The number of rotatable bonds is 6. The molecule has 2 rings (SSSR count). The molecular formula is C17H15F3O5S. The lowest BCUT2D eigenvalue weighted by Gasteiger charge is -2.15. The van der Waals surface area contributed by atoms with Gasteiger partial charge in [-0.15, -0.1) is 0 Å². The maximum Gasteiger partial charge on any atom is 0.417 e. The fourth-order valence-electron chi connectivity index (χ4n) is 2.16. The van der Waals surface area contributed by atoms with E-state index in [1.54, 1.807) is 6.92 Å². The van der Waals surface area contributed by atoms with E-state index >= 15 is 0 Å². The van der Waals surface area contributed by atoms with Crippen LogP contribution < -0.4 is 8.92 Å². The molecule has 2 aromatic rings. The van der Waals surface area contributed by atoms with Crippen molar-refractivity contribution >= 4 is 16.4 Å². The third-order valence-corrected chi connectivity index (χ3v) is 4.51. The molecule has 2 aromatic carbocycles. The monoisotopic (exact) mass is 388 g/mol. The van der Waals surface area contributed by atoms with Crippen molar-refractivity contribution in [3.8, 4) is 11.5 Å². The summed E-state index contributed by atoms with van der Waals surface area (Å²) in [7, 11) is -4.74. The van der Waals surface area contributed by atoms with Gasteiger partial charge in [-0.25, -0.2) is 0 Å². The van der Waals surface area contributed by atoms with E-state index in [-0.39, 0.29) is 11.5 Å². The topological polar surface area (TPSA) is 69.7 Å². The Kier molecular flexibility index (Phi) is 5.60. The first-order chi connectivity index (χ1) is 12.0. The van der Waals surface area contributed by atoms with Crippen molar-refractivity contribution in [2.75, 3.05) is 0 Å². The molecule has 0 saturated heterocycles. The summed E-state index contributed by atoms with van der Waals surface area (Å²) in [6, 6.07) is 7.77. The summed E-state index contributed by atoms with van der Waals surface area (Å²) in [5.41, 5.74) is -0.784. The van der Waals surface area contributed by atoms with Gasteiger partial charge in [-0.3, -0.25) is 4.79 Å². The molecule has 26 heavy (non-hydrogen) atoms. The van der Waals surface area contributed by atoms with E-state index in [0.29, 0.717) is 17.9 Å². The van der Waals surface area contributed by atoms with Crippen molar-refractivity contribution in [1.29, 1.82) is 0 Å². The molecule has 1 atom stereocenters. The van der Waals surface area contributed by atoms with Crippen LogP contribution in [-0.2, 0) is 21.1 Å². The third-order valence-electron chi connectivity index (χ3n) is 3.21. The molecule has 0 bridgehead atoms. The lowest BCUT2D eigenvalue weighted by atomic mass is 10.2. The summed E-state index contributed by atoms with van der Waals surface area (Å²) in [4.78, 5) is 9.68. The van der Waals surface area contributed by atoms with Gasteiger partial charge in [0.1, 0.15) is 16.4 Å². The highest BCUT2D eigenvalue weighted by Crippen LogP contribution is 2.35. The third kappa shape index (κ3) is 4.75. The second-order valence-electron chi connectivity index (χ2n) is 5.47. The van der Waals surface area contributed by atoms with E-state index in [4.69, 9.17) is 8.92 Å². The zero-order valence-corrected chi connectivity index (χ0v) is 14.6. The van der Waals surface area contributed by atoms with Crippen LogP contribution in [0.3, 0.4) is 0 Å². The molecule has 0 fully saturated rings. The van der Waals surface area contributed by atoms with Gasteiger partial charge in [0.15, 0.2) is 12.4 Å². The Morgan fingerprint density at radius 3 is 2.31 bits per heavy atom. The van der Waals surface area contributed by atoms with Crippen molar-refractivity contribution in [3.05, 3.63) is 53.6 Å². The number of carbonyl (C=O) groups is 1. The van der Waals surface area contributed by atoms with Gasteiger partial charge < -0.3 is 8.92 Å². The molecule has 0 amide bonds. The molecule has 5 nitrogen and oxygen atoms in total. The number of alkyl halides is 3. The Labute approximate surface area is 148 Å². The highest BCUT2D eigenvalue weighted by atomic mass is 32.2. The quantitative estimate of drug-likeness (QED) is 0.557. The van der Waals surface area contributed by atoms with Gasteiger partial charge >= 0.3 is 16.3 Å². The van der Waals surface area contributed by atoms with E-state index in [0.717, 1.165) is 12.1 Å². The average Bonchev–Trinajstić information content (AvgIpc) is 2.53. The van der Waals surface area contributed by atoms with Crippen LogP contribution in [0, 0.1) is 6.92 Å². The second kappa shape index (κ2) is 7.36. The smallest absolute Gasteiger partial charge is 0.417 e. The molecule has 0 aliphatic rings. The highest BCUT2D eigenvalue weighted by molar-refractivity contribution is 7.87. The van der Waals surface area contributed by atoms with E-state index in [9.17, 15) is 26.4 Å². The number of halogens is 3. The highest BCUT2D eigenvalue weighted by Gasteiger charge is 2.37. The summed E-state index contributed by atoms with van der Waals surface area (Å²) in [6.07, 6.45) is -5.10. The van der Waals surface area contributed by atoms with Crippen LogP contribution in [0.5, 0.6) is 11.5 Å². The zero-order valence-electron chi connectivity index (χ0n) is 13.8. The Morgan fingerprint density at radius 1 is 1.08 bits per heavy atom. The van der Waals surface area contributed by atoms with Crippen LogP contribution in [0.25, 0.3) is 0 Å². The predicted molar refractivity (Wildman–Crippen MR) is 86.6 cm³/mol. The van der Waals surface area contributed by atoms with Crippen LogP contribution in [0.15, 0.2) is 47.4 Å². The standard InChI is InChI=1S/C17H15F3O5S/c1-11-7-13(24-12(2)10-21)9-14(8-11)25-26(22,23)16-6-4-3-5-15(16)17(18,19)20/h3-10,12H,1-2H3. The molecule has 0 aliphatic carbocycles. The lowest BCUT2D eigenvalue weighted by Crippen LogP contribution is -2.17. The van der Waals surface area contributed by atoms with Crippen LogP contribution >= 0.6 is 0 Å². The SMILES string of the molecule is Cc1cc(OC(C)C=O)cc(OS(=O)(=O)c2ccccc2C(F)(F)F)c1. The maximum absolute atomic E-state index is 13.1. The zero-order chi connectivity index (χ0) is 19.5. The summed E-state index contributed by atoms with van der Waals surface area (Å²) < 4.78 is 74.0. The summed E-state index contributed by atoms with van der Waals surface area (Å²) in [5.74, 6) is -0.0750. The lowest BCUT2D eigenvalue weighted by molar-refractivity contribution is -0.140. The van der Waals surface area contributed by atoms with E-state index in [2.05, 4.69) is 0 Å². The predicted octanol–water partition coefficient (Wildman–Crippen LogP) is 3.75. The van der Waals surface area contributed by atoms with Crippen LogP contribution in [0.4, 0.5) is 13.2 Å². The molecule has 0 aliphatic heterocycles. The van der Waals surface area contributed by atoms with Gasteiger partial charge in [-0.1, -0.05) is 12.1 Å². The maximum atomic E-state index is 13.1. The normalized spacial score (nSPS) is 13.1. The second-order valence-corrected chi connectivity index (χ2v) is 6.99. The van der Waals surface area contributed by atoms with Crippen molar-refractivity contribution in [3.63, 3.8) is 0 Å². The number of hydrogen-bond acceptors (Lipinski definition) is 5. The van der Waals surface area contributed by atoms with Gasteiger partial charge in [0.25, 0.3) is 0 Å². The first-order valence-corrected chi connectivity index (χ1v) is 8.78. The van der Waals surface area contributed by atoms with Crippen LogP contribution in [0.1, 0.15) is 18.1 Å². The fraction of sp³-hybridized carbons (Fsp3) is 0.235. The fourth-order valence-corrected chi connectivity index (χ4v) is 3.30. The van der Waals surface area contributed by atoms with Gasteiger partial charge in [0, 0.05) is 6.07 Å². The minimum absolute atomic E-state index is 0.152. The summed E-state index contributed by atoms with van der Waals surface area (Å²) in [6.45, 7) is 3.09. The Hall–Kier alpha value is -2.55. The van der Waals surface area contributed by atoms with E-state index in [1.165, 1.54) is 31.2 Å². The van der Waals surface area contributed by atoms with E-state index in [1.807, 2.05) is 0 Å². The van der Waals surface area contributed by atoms with E-state index < -0.39 is 32.9 Å². The van der Waals surface area contributed by atoms with Crippen LogP contribution in [-0.4, -0.2) is 20.8 Å². The number of benzene rings is 2. The molecule has 0 saturated carbocycles. The Balaban J connectivity index is 2.41. The minimum Gasteiger partial charge on any atom is -0.483 e. The first kappa shape index (κ1) is 19.8. The molecule has 9 heteroatoms. The number of aryl methyl sites for hydroxylation is 1. The number of ether oxygens (including phenoxy) is 1. The summed E-state index contributed by atoms with van der Waals surface area (Å²) in [5, 5.41) is 0.